The van der Waals surface area contributed by atoms with Crippen LogP contribution in [0.1, 0.15) is 31.3 Å². The molecule has 6 nitrogen and oxygen atoms in total. The number of nitriles is 1. The molecule has 3 aromatic carbocycles. The summed E-state index contributed by atoms with van der Waals surface area (Å²) < 4.78 is 9.55. The summed E-state index contributed by atoms with van der Waals surface area (Å²) in [6, 6.07) is 20.7. The van der Waals surface area contributed by atoms with Gasteiger partial charge in [-0.3, -0.25) is 0 Å². The van der Waals surface area contributed by atoms with Crippen LogP contribution in [0.15, 0.2) is 66.0 Å². The first kappa shape index (κ1) is 21.9. The molecule has 0 bridgehead atoms. The van der Waals surface area contributed by atoms with Crippen LogP contribution < -0.4 is 0 Å². The molecule has 0 spiro atoms. The zero-order valence-corrected chi connectivity index (χ0v) is 18.7. The molecule has 4 aromatic rings. The van der Waals surface area contributed by atoms with Crippen molar-refractivity contribution in [2.75, 3.05) is 14.2 Å². The number of benzene rings is 3. The molecule has 0 saturated carbocycles. The van der Waals surface area contributed by atoms with Crippen LogP contribution in [0.3, 0.4) is 0 Å². The molecule has 0 unspecified atom stereocenters. The summed E-state index contributed by atoms with van der Waals surface area (Å²) in [6.45, 7) is 0. The first-order chi connectivity index (χ1) is 16.0. The number of rotatable bonds is 5. The number of nitrogens with zero attached hydrogens (tertiary/aromatic N) is 2. The van der Waals surface area contributed by atoms with Crippen molar-refractivity contribution in [2.24, 2.45) is 0 Å². The van der Waals surface area contributed by atoms with Crippen molar-refractivity contribution in [3.63, 3.8) is 0 Å². The summed E-state index contributed by atoms with van der Waals surface area (Å²) >= 11 is 1.35. The van der Waals surface area contributed by atoms with Crippen LogP contribution in [0, 0.1) is 11.3 Å². The lowest BCUT2D eigenvalue weighted by Gasteiger charge is -2.06. The lowest BCUT2D eigenvalue weighted by Crippen LogP contribution is -2.07. The maximum atomic E-state index is 12.1. The average molecular weight is 455 g/mol. The van der Waals surface area contributed by atoms with E-state index in [9.17, 15) is 14.9 Å². The molecule has 1 heterocycles. The van der Waals surface area contributed by atoms with E-state index in [-0.39, 0.29) is 11.1 Å². The zero-order chi connectivity index (χ0) is 23.4. The molecule has 0 aliphatic heterocycles. The third-order valence-corrected chi connectivity index (χ3v) is 5.90. The fraction of sp³-hybridized carbons (Fsp3) is 0.0769. The van der Waals surface area contributed by atoms with Crippen molar-refractivity contribution in [1.29, 1.82) is 5.26 Å². The van der Waals surface area contributed by atoms with Gasteiger partial charge in [-0.05, 0) is 40.6 Å². The smallest absolute Gasteiger partial charge is 0.337 e. The average Bonchev–Trinajstić information content (AvgIpc) is 3.35. The topological polar surface area (TPSA) is 89.3 Å². The highest BCUT2D eigenvalue weighted by atomic mass is 32.1. The summed E-state index contributed by atoms with van der Waals surface area (Å²) in [4.78, 5) is 28.8. The number of carbonyl (C=O) groups excluding carboxylic acids is 2. The second-order valence-electron chi connectivity index (χ2n) is 7.06. The van der Waals surface area contributed by atoms with Gasteiger partial charge in [0.1, 0.15) is 11.1 Å². The maximum Gasteiger partial charge on any atom is 0.337 e. The van der Waals surface area contributed by atoms with Crippen LogP contribution in [-0.4, -0.2) is 31.1 Å². The molecule has 0 aliphatic carbocycles. The maximum absolute atomic E-state index is 12.1. The van der Waals surface area contributed by atoms with E-state index >= 15 is 0 Å². The van der Waals surface area contributed by atoms with Gasteiger partial charge in [0.05, 0.1) is 36.6 Å². The van der Waals surface area contributed by atoms with Gasteiger partial charge in [0, 0.05) is 10.9 Å². The Labute approximate surface area is 194 Å². The van der Waals surface area contributed by atoms with Gasteiger partial charge in [0.15, 0.2) is 0 Å². The number of ether oxygens (including phenoxy) is 2. The van der Waals surface area contributed by atoms with Crippen LogP contribution in [0.2, 0.25) is 0 Å². The van der Waals surface area contributed by atoms with Gasteiger partial charge in [0.2, 0.25) is 0 Å². The molecule has 7 heteroatoms. The number of allylic oxidation sites excluding steroid dienone is 1. The summed E-state index contributed by atoms with van der Waals surface area (Å²) in [6.07, 6.45) is 1.59. The van der Waals surface area contributed by atoms with E-state index in [0.717, 1.165) is 22.0 Å². The van der Waals surface area contributed by atoms with Gasteiger partial charge < -0.3 is 9.47 Å². The Bertz CT molecular complexity index is 1410. The van der Waals surface area contributed by atoms with Crippen LogP contribution in [0.25, 0.3) is 33.7 Å². The van der Waals surface area contributed by atoms with Gasteiger partial charge in [-0.1, -0.05) is 42.5 Å². The summed E-state index contributed by atoms with van der Waals surface area (Å²) in [5, 5.41) is 14.4. The lowest BCUT2D eigenvalue weighted by molar-refractivity contribution is 0.0599. The second-order valence-corrected chi connectivity index (χ2v) is 7.92. The fourth-order valence-corrected chi connectivity index (χ4v) is 4.27. The minimum Gasteiger partial charge on any atom is -0.465 e. The SMILES string of the molecule is COC(=O)c1cc(/C=C(\C#N)c2nc(-c3cccc4ccccc34)cs2)cc(C(=O)OC)c1. The van der Waals surface area contributed by atoms with E-state index in [2.05, 4.69) is 11.1 Å². The molecule has 0 N–H and O–H groups in total. The van der Waals surface area contributed by atoms with E-state index in [1.54, 1.807) is 18.2 Å². The highest BCUT2D eigenvalue weighted by Gasteiger charge is 2.15. The van der Waals surface area contributed by atoms with Gasteiger partial charge in [-0.2, -0.15) is 5.26 Å². The van der Waals surface area contributed by atoms with Gasteiger partial charge in [-0.25, -0.2) is 14.6 Å². The Morgan fingerprint density at radius 2 is 1.64 bits per heavy atom. The van der Waals surface area contributed by atoms with Crippen LogP contribution >= 0.6 is 11.3 Å². The minimum absolute atomic E-state index is 0.180. The minimum atomic E-state index is -0.596. The molecule has 1 aromatic heterocycles. The Kier molecular flexibility index (Phi) is 6.29. The second kappa shape index (κ2) is 9.47. The van der Waals surface area contributed by atoms with Gasteiger partial charge >= 0.3 is 11.9 Å². The number of thiazole rings is 1. The predicted molar refractivity (Wildman–Crippen MR) is 128 cm³/mol. The van der Waals surface area contributed by atoms with Gasteiger partial charge in [0.25, 0.3) is 0 Å². The molecule has 0 radical (unpaired) electrons. The number of hydrogen-bond donors (Lipinski definition) is 0. The number of methoxy groups -OCH3 is 2. The number of aromatic nitrogens is 1. The van der Waals surface area contributed by atoms with Crippen molar-refractivity contribution in [1.82, 2.24) is 4.98 Å². The predicted octanol–water partition coefficient (Wildman–Crippen LogP) is 5.60. The van der Waals surface area contributed by atoms with Crippen molar-refractivity contribution in [3.05, 3.63) is 87.7 Å². The molecule has 0 aliphatic rings. The molecule has 162 valence electrons. The van der Waals surface area contributed by atoms with Crippen molar-refractivity contribution in [3.8, 4) is 17.3 Å². The Morgan fingerprint density at radius 3 is 2.30 bits per heavy atom. The van der Waals surface area contributed by atoms with E-state index in [0.29, 0.717) is 16.1 Å². The number of fused-ring (bicyclic) bond motifs is 1. The first-order valence-electron chi connectivity index (χ1n) is 9.91. The Balaban J connectivity index is 1.77. The summed E-state index contributed by atoms with van der Waals surface area (Å²) in [7, 11) is 2.52. The standard InChI is InChI=1S/C26H18N2O4S/c1-31-25(29)18-10-16(11-19(13-18)26(30)32-2)12-20(14-27)24-28-23(15-33-24)22-9-5-7-17-6-3-4-8-21(17)22/h3-13,15H,1-2H3/b20-12+. The monoisotopic (exact) mass is 454 g/mol. The van der Waals surface area contributed by atoms with E-state index in [1.165, 1.54) is 31.6 Å². The molecule has 0 fully saturated rings. The third-order valence-electron chi connectivity index (χ3n) is 5.03. The molecule has 0 amide bonds. The number of hydrogen-bond acceptors (Lipinski definition) is 7. The largest absolute Gasteiger partial charge is 0.465 e. The van der Waals surface area contributed by atoms with E-state index in [1.807, 2.05) is 47.8 Å². The highest BCUT2D eigenvalue weighted by Crippen LogP contribution is 2.32. The van der Waals surface area contributed by atoms with E-state index in [4.69, 9.17) is 9.47 Å². The fourth-order valence-electron chi connectivity index (χ4n) is 3.48. The number of esters is 2. The summed E-state index contributed by atoms with van der Waals surface area (Å²) in [5.74, 6) is -1.19. The molecule has 0 atom stereocenters. The van der Waals surface area contributed by atoms with Crippen molar-refractivity contribution >= 4 is 45.7 Å². The van der Waals surface area contributed by atoms with Crippen molar-refractivity contribution < 1.29 is 19.1 Å². The molecular weight excluding hydrogens is 436 g/mol. The lowest BCUT2D eigenvalue weighted by atomic mass is 10.0. The highest BCUT2D eigenvalue weighted by molar-refractivity contribution is 7.11. The molecule has 33 heavy (non-hydrogen) atoms. The third kappa shape index (κ3) is 4.52. The first-order valence-corrected chi connectivity index (χ1v) is 10.8. The summed E-state index contributed by atoms with van der Waals surface area (Å²) in [5.41, 5.74) is 2.90. The van der Waals surface area contributed by atoms with Crippen molar-refractivity contribution in [2.45, 2.75) is 0 Å². The normalized spacial score (nSPS) is 11.1. The Morgan fingerprint density at radius 1 is 0.970 bits per heavy atom. The molecule has 4 rings (SSSR count). The molecular formula is C26H18N2O4S. The van der Waals surface area contributed by atoms with Gasteiger partial charge in [-0.15, -0.1) is 11.3 Å². The molecule has 0 saturated heterocycles. The van der Waals surface area contributed by atoms with E-state index < -0.39 is 11.9 Å². The number of carbonyl (C=O) groups is 2. The van der Waals surface area contributed by atoms with Crippen LogP contribution in [0.4, 0.5) is 0 Å². The zero-order valence-electron chi connectivity index (χ0n) is 17.9. The quantitative estimate of drug-likeness (QED) is 0.288. The Hall–Kier alpha value is -4.28. The van der Waals surface area contributed by atoms with Crippen LogP contribution in [-0.2, 0) is 9.47 Å². The van der Waals surface area contributed by atoms with Crippen LogP contribution in [0.5, 0.6) is 0 Å².